The number of aliphatic hydroxyl groups is 5. The Morgan fingerprint density at radius 2 is 1.92 bits per heavy atom. The minimum atomic E-state index is -1.61. The van der Waals surface area contributed by atoms with Crippen molar-refractivity contribution in [3.63, 3.8) is 0 Å². The van der Waals surface area contributed by atoms with Crippen molar-refractivity contribution in [2.24, 2.45) is 5.92 Å². The van der Waals surface area contributed by atoms with Crippen molar-refractivity contribution in [3.8, 4) is 0 Å². The van der Waals surface area contributed by atoms with Crippen molar-refractivity contribution in [3.05, 3.63) is 23.0 Å². The van der Waals surface area contributed by atoms with E-state index in [0.717, 1.165) is 6.26 Å². The van der Waals surface area contributed by atoms with Gasteiger partial charge in [-0.1, -0.05) is 0 Å². The van der Waals surface area contributed by atoms with Crippen molar-refractivity contribution in [1.29, 1.82) is 0 Å². The third kappa shape index (κ3) is 3.25. The minimum Gasteiger partial charge on any atom is -0.478 e. The summed E-state index contributed by atoms with van der Waals surface area (Å²) in [6.45, 7) is -0.900. The normalized spacial score (nSPS) is 40.0. The second-order valence-corrected chi connectivity index (χ2v) is 6.49. The maximum absolute atomic E-state index is 11.4. The number of aliphatic hydroxyl groups excluding tert-OH is 5. The third-order valence-corrected chi connectivity index (χ3v) is 5.01. The van der Waals surface area contributed by atoms with Crippen LogP contribution in [-0.4, -0.2) is 86.8 Å². The number of hydrogen-bond donors (Lipinski definition) is 6. The number of carbonyl (C=O) groups is 1. The maximum Gasteiger partial charge on any atom is 0.335 e. The Balaban J connectivity index is 1.83. The van der Waals surface area contributed by atoms with E-state index in [0.29, 0.717) is 24.0 Å². The van der Waals surface area contributed by atoms with Gasteiger partial charge in [-0.25, -0.2) is 4.79 Å². The molecular weight excluding hydrogens is 352 g/mol. The number of carboxylic acids is 1. The van der Waals surface area contributed by atoms with E-state index in [2.05, 4.69) is 0 Å². The molecule has 1 aliphatic carbocycles. The van der Waals surface area contributed by atoms with Gasteiger partial charge in [-0.2, -0.15) is 0 Å². The Bertz CT molecular complexity index is 612. The number of aliphatic carboxylic acids is 1. The minimum absolute atomic E-state index is 0.0390. The quantitative estimate of drug-likeness (QED) is 0.291. The molecular formula is C16H22O10. The molecule has 0 amide bonds. The average molecular weight is 374 g/mol. The Morgan fingerprint density at radius 3 is 2.54 bits per heavy atom. The van der Waals surface area contributed by atoms with Crippen molar-refractivity contribution in [2.75, 3.05) is 13.2 Å². The molecule has 6 N–H and O–H groups in total. The van der Waals surface area contributed by atoms with Crippen LogP contribution in [0.25, 0.3) is 0 Å². The Hall–Kier alpha value is -1.53. The SMILES string of the molecule is O=C(O)C1=COC(OC2OC(CO)C(O)C(O)C2O)C2=C(CO)CCC12. The van der Waals surface area contributed by atoms with Gasteiger partial charge in [0.1, 0.15) is 24.4 Å². The van der Waals surface area contributed by atoms with Crippen LogP contribution in [0.15, 0.2) is 23.0 Å². The fourth-order valence-corrected chi connectivity index (χ4v) is 3.59. The van der Waals surface area contributed by atoms with E-state index in [1.165, 1.54) is 0 Å². The smallest absolute Gasteiger partial charge is 0.335 e. The molecule has 0 spiro atoms. The van der Waals surface area contributed by atoms with Crippen LogP contribution in [-0.2, 0) is 19.0 Å². The molecule has 0 radical (unpaired) electrons. The highest BCUT2D eigenvalue weighted by Crippen LogP contribution is 2.43. The molecule has 0 aromatic heterocycles. The van der Waals surface area contributed by atoms with E-state index in [1.807, 2.05) is 0 Å². The Morgan fingerprint density at radius 1 is 1.19 bits per heavy atom. The van der Waals surface area contributed by atoms with E-state index in [9.17, 15) is 35.4 Å². The van der Waals surface area contributed by atoms with Crippen LogP contribution in [0.2, 0.25) is 0 Å². The molecule has 1 saturated heterocycles. The summed E-state index contributed by atoms with van der Waals surface area (Å²) in [5.41, 5.74) is 1.07. The summed E-state index contributed by atoms with van der Waals surface area (Å²) in [7, 11) is 0. The molecule has 7 atom stereocenters. The molecule has 0 saturated carbocycles. The van der Waals surface area contributed by atoms with Crippen LogP contribution in [0.1, 0.15) is 12.8 Å². The fraction of sp³-hybridized carbons (Fsp3) is 0.688. The molecule has 0 aromatic rings. The van der Waals surface area contributed by atoms with Crippen LogP contribution in [0.4, 0.5) is 0 Å². The predicted molar refractivity (Wildman–Crippen MR) is 82.3 cm³/mol. The lowest BCUT2D eigenvalue weighted by Crippen LogP contribution is -2.60. The monoisotopic (exact) mass is 374 g/mol. The summed E-state index contributed by atoms with van der Waals surface area (Å²) in [6.07, 6.45) is -6.43. The van der Waals surface area contributed by atoms with Crippen LogP contribution in [0, 0.1) is 5.92 Å². The number of ether oxygens (including phenoxy) is 3. The summed E-state index contributed by atoms with van der Waals surface area (Å²) in [5.74, 6) is -1.64. The van der Waals surface area contributed by atoms with Crippen LogP contribution >= 0.6 is 0 Å². The molecule has 1 fully saturated rings. The van der Waals surface area contributed by atoms with Crippen LogP contribution in [0.5, 0.6) is 0 Å². The zero-order valence-corrected chi connectivity index (χ0v) is 13.8. The fourth-order valence-electron chi connectivity index (χ4n) is 3.59. The molecule has 2 aliphatic heterocycles. The number of carboxylic acid groups (broad SMARTS) is 1. The van der Waals surface area contributed by atoms with Crippen molar-refractivity contribution < 1.29 is 49.6 Å². The van der Waals surface area contributed by atoms with Gasteiger partial charge in [0.15, 0.2) is 6.29 Å². The molecule has 26 heavy (non-hydrogen) atoms. The molecule has 3 rings (SSSR count). The lowest BCUT2D eigenvalue weighted by molar-refractivity contribution is -0.327. The average Bonchev–Trinajstić information content (AvgIpc) is 3.06. The summed E-state index contributed by atoms with van der Waals surface area (Å²) in [6, 6.07) is 0. The van der Waals surface area contributed by atoms with Gasteiger partial charge in [-0.05, 0) is 18.4 Å². The second kappa shape index (κ2) is 7.61. The van der Waals surface area contributed by atoms with Gasteiger partial charge < -0.3 is 44.8 Å². The maximum atomic E-state index is 11.4. The van der Waals surface area contributed by atoms with Gasteiger partial charge >= 0.3 is 5.97 Å². The van der Waals surface area contributed by atoms with Gasteiger partial charge in [-0.15, -0.1) is 0 Å². The summed E-state index contributed by atoms with van der Waals surface area (Å²) in [4.78, 5) is 11.4. The number of hydrogen-bond acceptors (Lipinski definition) is 9. The highest BCUT2D eigenvalue weighted by Gasteiger charge is 2.47. The van der Waals surface area contributed by atoms with Gasteiger partial charge in [0, 0.05) is 11.5 Å². The molecule has 10 heteroatoms. The first kappa shape index (κ1) is 19.2. The number of fused-ring (bicyclic) bond motifs is 1. The number of rotatable bonds is 5. The van der Waals surface area contributed by atoms with Gasteiger partial charge in [0.05, 0.1) is 25.0 Å². The molecule has 146 valence electrons. The zero-order valence-electron chi connectivity index (χ0n) is 13.8. The molecule has 3 aliphatic rings. The summed E-state index contributed by atoms with van der Waals surface area (Å²) >= 11 is 0. The second-order valence-electron chi connectivity index (χ2n) is 6.49. The third-order valence-electron chi connectivity index (χ3n) is 5.01. The predicted octanol–water partition coefficient (Wildman–Crippen LogP) is -2.17. The van der Waals surface area contributed by atoms with E-state index in [-0.39, 0.29) is 12.2 Å². The van der Waals surface area contributed by atoms with Gasteiger partial charge in [0.2, 0.25) is 6.29 Å². The lowest BCUT2D eigenvalue weighted by atomic mass is 9.90. The van der Waals surface area contributed by atoms with Gasteiger partial charge in [0.25, 0.3) is 0 Å². The lowest BCUT2D eigenvalue weighted by Gasteiger charge is -2.41. The topological polar surface area (TPSA) is 166 Å². The molecule has 2 heterocycles. The largest absolute Gasteiger partial charge is 0.478 e. The van der Waals surface area contributed by atoms with E-state index in [1.54, 1.807) is 0 Å². The van der Waals surface area contributed by atoms with Crippen LogP contribution in [0.3, 0.4) is 0 Å². The highest BCUT2D eigenvalue weighted by molar-refractivity contribution is 5.88. The van der Waals surface area contributed by atoms with Crippen molar-refractivity contribution in [2.45, 2.75) is 49.8 Å². The van der Waals surface area contributed by atoms with E-state index >= 15 is 0 Å². The first-order valence-electron chi connectivity index (χ1n) is 8.26. The first-order valence-corrected chi connectivity index (χ1v) is 8.26. The molecule has 7 unspecified atom stereocenters. The van der Waals surface area contributed by atoms with Crippen molar-refractivity contribution in [1.82, 2.24) is 0 Å². The Kier molecular flexibility index (Phi) is 5.63. The first-order chi connectivity index (χ1) is 12.4. The highest BCUT2D eigenvalue weighted by atomic mass is 16.8. The zero-order chi connectivity index (χ0) is 19.0. The van der Waals surface area contributed by atoms with Gasteiger partial charge in [-0.3, -0.25) is 0 Å². The molecule has 10 nitrogen and oxygen atoms in total. The summed E-state index contributed by atoms with van der Waals surface area (Å²) < 4.78 is 16.2. The standard InChI is InChI=1S/C16H22O10/c17-3-6-1-2-7-8(14(22)23)5-24-15(10(6)7)26-16-13(21)12(20)11(19)9(4-18)25-16/h5,7,9,11-13,15-21H,1-4H2,(H,22,23). The van der Waals surface area contributed by atoms with E-state index in [4.69, 9.17) is 14.2 Å². The van der Waals surface area contributed by atoms with E-state index < -0.39 is 55.5 Å². The summed E-state index contributed by atoms with van der Waals surface area (Å²) in [5, 5.41) is 57.8. The van der Waals surface area contributed by atoms with Crippen LogP contribution < -0.4 is 0 Å². The molecule has 0 bridgehead atoms. The van der Waals surface area contributed by atoms with Crippen molar-refractivity contribution >= 4 is 5.97 Å². The molecule has 0 aromatic carbocycles. The Labute approximate surface area is 148 Å².